The highest BCUT2D eigenvalue weighted by atomic mass is 16.2. The lowest BCUT2D eigenvalue weighted by Gasteiger charge is -2.29. The summed E-state index contributed by atoms with van der Waals surface area (Å²) in [7, 11) is 1.67. The summed E-state index contributed by atoms with van der Waals surface area (Å²) in [6, 6.07) is 15.4. The van der Waals surface area contributed by atoms with Crippen LogP contribution >= 0.6 is 0 Å². The van der Waals surface area contributed by atoms with Gasteiger partial charge in [-0.15, -0.1) is 0 Å². The van der Waals surface area contributed by atoms with Gasteiger partial charge in [0.15, 0.2) is 0 Å². The molecule has 2 aromatic carbocycles. The van der Waals surface area contributed by atoms with Gasteiger partial charge in [-0.1, -0.05) is 42.0 Å². The molecule has 1 amide bonds. The third-order valence-corrected chi connectivity index (χ3v) is 4.93. The molecule has 0 atom stereocenters. The summed E-state index contributed by atoms with van der Waals surface area (Å²) in [6.45, 7) is 4.61. The molecule has 1 aliphatic rings. The molecule has 3 rings (SSSR count). The second-order valence-corrected chi connectivity index (χ2v) is 7.07. The Hall–Kier alpha value is -2.62. The maximum Gasteiger partial charge on any atom is 0.294 e. The number of Topliss-reactive ketones (excluding diaryl/α,β-unsaturated/α-hetero) is 1. The number of hydrogen-bond acceptors (Lipinski definition) is 3. The van der Waals surface area contributed by atoms with Crippen LogP contribution in [0.5, 0.6) is 0 Å². The van der Waals surface area contributed by atoms with Crippen molar-refractivity contribution in [3.8, 4) is 0 Å². The second kappa shape index (κ2) is 8.17. The average Bonchev–Trinajstić information content (AvgIpc) is 2.68. The maximum atomic E-state index is 12.4. The van der Waals surface area contributed by atoms with Crippen LogP contribution in [0.15, 0.2) is 48.5 Å². The first kappa shape index (κ1) is 18.2. The summed E-state index contributed by atoms with van der Waals surface area (Å²) in [5.74, 6) is -0.939. The monoisotopic (exact) mass is 350 g/mol. The minimum absolute atomic E-state index is 0.427. The van der Waals surface area contributed by atoms with Crippen molar-refractivity contribution in [2.24, 2.45) is 0 Å². The highest BCUT2D eigenvalue weighted by molar-refractivity contribution is 6.42. The molecule has 0 aromatic heterocycles. The van der Waals surface area contributed by atoms with Crippen molar-refractivity contribution >= 4 is 17.4 Å². The Morgan fingerprint density at radius 1 is 0.923 bits per heavy atom. The SMILES string of the molecule is Cc1ccc(C(=O)C(=O)N(C)Cc2ccc(N3CCCCC3)cc2)cc1. The van der Waals surface area contributed by atoms with E-state index >= 15 is 0 Å². The third kappa shape index (κ3) is 4.31. The summed E-state index contributed by atoms with van der Waals surface area (Å²) in [5, 5.41) is 0. The van der Waals surface area contributed by atoms with E-state index in [2.05, 4.69) is 17.0 Å². The Kier molecular flexibility index (Phi) is 5.71. The van der Waals surface area contributed by atoms with Gasteiger partial charge in [0.25, 0.3) is 5.91 Å². The third-order valence-electron chi connectivity index (χ3n) is 4.93. The van der Waals surface area contributed by atoms with Gasteiger partial charge >= 0.3 is 0 Å². The van der Waals surface area contributed by atoms with Crippen molar-refractivity contribution in [2.75, 3.05) is 25.0 Å². The number of rotatable bonds is 5. The topological polar surface area (TPSA) is 40.6 Å². The number of nitrogens with zero attached hydrogens (tertiary/aromatic N) is 2. The number of ketones is 1. The minimum Gasteiger partial charge on any atom is -0.372 e. The molecular formula is C22H26N2O2. The lowest BCUT2D eigenvalue weighted by molar-refractivity contribution is -0.125. The van der Waals surface area contributed by atoms with E-state index in [0.29, 0.717) is 12.1 Å². The van der Waals surface area contributed by atoms with Crippen molar-refractivity contribution in [2.45, 2.75) is 32.7 Å². The van der Waals surface area contributed by atoms with Gasteiger partial charge in [0.2, 0.25) is 5.78 Å². The summed E-state index contributed by atoms with van der Waals surface area (Å²) >= 11 is 0. The molecule has 1 saturated heterocycles. The molecule has 0 radical (unpaired) electrons. The molecule has 0 bridgehead atoms. The number of hydrogen-bond donors (Lipinski definition) is 0. The quantitative estimate of drug-likeness (QED) is 0.608. The summed E-state index contributed by atoms with van der Waals surface area (Å²) < 4.78 is 0. The van der Waals surface area contributed by atoms with E-state index < -0.39 is 11.7 Å². The molecule has 4 nitrogen and oxygen atoms in total. The van der Waals surface area contributed by atoms with E-state index in [4.69, 9.17) is 0 Å². The van der Waals surface area contributed by atoms with Crippen LogP contribution in [-0.4, -0.2) is 36.7 Å². The van der Waals surface area contributed by atoms with E-state index in [9.17, 15) is 9.59 Å². The fourth-order valence-corrected chi connectivity index (χ4v) is 3.31. The first-order chi connectivity index (χ1) is 12.5. The summed E-state index contributed by atoms with van der Waals surface area (Å²) in [5.41, 5.74) is 3.76. The second-order valence-electron chi connectivity index (χ2n) is 7.07. The van der Waals surface area contributed by atoms with E-state index in [-0.39, 0.29) is 0 Å². The van der Waals surface area contributed by atoms with Crippen molar-refractivity contribution in [3.63, 3.8) is 0 Å². The lowest BCUT2D eigenvalue weighted by atomic mass is 10.1. The molecule has 26 heavy (non-hydrogen) atoms. The zero-order chi connectivity index (χ0) is 18.5. The Bertz CT molecular complexity index is 760. The van der Waals surface area contributed by atoms with Crippen LogP contribution < -0.4 is 4.90 Å². The van der Waals surface area contributed by atoms with Crippen LogP contribution in [0.1, 0.15) is 40.7 Å². The molecule has 0 spiro atoms. The molecule has 4 heteroatoms. The van der Waals surface area contributed by atoms with Gasteiger partial charge in [0.05, 0.1) is 0 Å². The first-order valence-electron chi connectivity index (χ1n) is 9.25. The van der Waals surface area contributed by atoms with Gasteiger partial charge in [-0.2, -0.15) is 0 Å². The van der Waals surface area contributed by atoms with Crippen molar-refractivity contribution in [1.29, 1.82) is 0 Å². The highest BCUT2D eigenvalue weighted by Gasteiger charge is 2.20. The van der Waals surface area contributed by atoms with Crippen LogP contribution in [0.2, 0.25) is 0 Å². The van der Waals surface area contributed by atoms with Crippen molar-refractivity contribution in [3.05, 3.63) is 65.2 Å². The zero-order valence-corrected chi connectivity index (χ0v) is 15.6. The number of carbonyl (C=O) groups is 2. The van der Waals surface area contributed by atoms with E-state index in [1.165, 1.54) is 29.8 Å². The van der Waals surface area contributed by atoms with Gasteiger partial charge in [-0.25, -0.2) is 0 Å². The van der Waals surface area contributed by atoms with Gasteiger partial charge in [0, 0.05) is 37.9 Å². The normalized spacial score (nSPS) is 14.2. The van der Waals surface area contributed by atoms with E-state index in [1.54, 1.807) is 19.2 Å². The van der Waals surface area contributed by atoms with Crippen LogP contribution in [0.4, 0.5) is 5.69 Å². The molecule has 0 N–H and O–H groups in total. The lowest BCUT2D eigenvalue weighted by Crippen LogP contribution is -2.33. The van der Waals surface area contributed by atoms with Gasteiger partial charge in [-0.3, -0.25) is 9.59 Å². The number of benzene rings is 2. The zero-order valence-electron chi connectivity index (χ0n) is 15.6. The van der Waals surface area contributed by atoms with Crippen molar-refractivity contribution < 1.29 is 9.59 Å². The number of likely N-dealkylation sites (N-methyl/N-ethyl adjacent to an activating group) is 1. The fraction of sp³-hybridized carbons (Fsp3) is 0.364. The largest absolute Gasteiger partial charge is 0.372 e. The van der Waals surface area contributed by atoms with Crippen LogP contribution in [0.25, 0.3) is 0 Å². The van der Waals surface area contributed by atoms with Gasteiger partial charge in [0.1, 0.15) is 0 Å². The Morgan fingerprint density at radius 2 is 1.54 bits per heavy atom. The minimum atomic E-state index is -0.478. The van der Waals surface area contributed by atoms with Crippen LogP contribution in [-0.2, 0) is 11.3 Å². The number of amides is 1. The summed E-state index contributed by atoms with van der Waals surface area (Å²) in [6.07, 6.45) is 3.82. The van der Waals surface area contributed by atoms with Crippen molar-refractivity contribution in [1.82, 2.24) is 4.90 Å². The van der Waals surface area contributed by atoms with E-state index in [1.807, 2.05) is 31.2 Å². The van der Waals surface area contributed by atoms with Gasteiger partial charge in [-0.05, 0) is 43.9 Å². The predicted molar refractivity (Wildman–Crippen MR) is 104 cm³/mol. The first-order valence-corrected chi connectivity index (χ1v) is 9.25. The average molecular weight is 350 g/mol. The maximum absolute atomic E-state index is 12.4. The highest BCUT2D eigenvalue weighted by Crippen LogP contribution is 2.20. The Labute approximate surface area is 155 Å². The Balaban J connectivity index is 1.61. The molecule has 2 aromatic rings. The molecule has 136 valence electrons. The van der Waals surface area contributed by atoms with Crippen LogP contribution in [0.3, 0.4) is 0 Å². The van der Waals surface area contributed by atoms with E-state index in [0.717, 1.165) is 24.2 Å². The summed E-state index contributed by atoms with van der Waals surface area (Å²) in [4.78, 5) is 28.7. The standard InChI is InChI=1S/C22H26N2O2/c1-17-6-10-19(11-7-17)21(25)22(26)23(2)16-18-8-12-20(13-9-18)24-14-4-3-5-15-24/h6-13H,3-5,14-16H2,1-2H3. The molecule has 0 unspecified atom stereocenters. The number of piperidine rings is 1. The molecule has 0 aliphatic carbocycles. The smallest absolute Gasteiger partial charge is 0.294 e. The fourth-order valence-electron chi connectivity index (χ4n) is 3.31. The molecule has 1 heterocycles. The Morgan fingerprint density at radius 3 is 2.15 bits per heavy atom. The number of carbonyl (C=O) groups excluding carboxylic acids is 2. The molecular weight excluding hydrogens is 324 g/mol. The molecule has 0 saturated carbocycles. The number of anilines is 1. The molecule has 1 fully saturated rings. The predicted octanol–water partition coefficient (Wildman–Crippen LogP) is 3.83. The molecule has 1 aliphatic heterocycles. The van der Waals surface area contributed by atoms with Gasteiger partial charge < -0.3 is 9.80 Å². The van der Waals surface area contributed by atoms with Crippen LogP contribution in [0, 0.1) is 6.92 Å². The number of aryl methyl sites for hydroxylation is 1.